The summed E-state index contributed by atoms with van der Waals surface area (Å²) in [6, 6.07) is 18.3. The van der Waals surface area contributed by atoms with Gasteiger partial charge in [-0.3, -0.25) is 0 Å². The highest BCUT2D eigenvalue weighted by Gasteiger charge is 2.36. The molecule has 21 heavy (non-hydrogen) atoms. The molecular formula is C21H13+. The lowest BCUT2D eigenvalue weighted by atomic mass is 9.79. The quantitative estimate of drug-likeness (QED) is 0.245. The summed E-state index contributed by atoms with van der Waals surface area (Å²) < 4.78 is 0. The van der Waals surface area contributed by atoms with Crippen LogP contribution in [0.5, 0.6) is 0 Å². The van der Waals surface area contributed by atoms with Crippen molar-refractivity contribution in [2.75, 3.05) is 0 Å². The van der Waals surface area contributed by atoms with Crippen LogP contribution in [0.2, 0.25) is 0 Å². The Balaban J connectivity index is 2.09. The van der Waals surface area contributed by atoms with Crippen LogP contribution in [0, 0.1) is 6.42 Å². The lowest BCUT2D eigenvalue weighted by molar-refractivity contribution is 0.898. The Morgan fingerprint density at radius 2 is 1.24 bits per heavy atom. The van der Waals surface area contributed by atoms with Crippen LogP contribution in [-0.2, 0) is 0 Å². The van der Waals surface area contributed by atoms with Crippen LogP contribution in [0.4, 0.5) is 0 Å². The summed E-state index contributed by atoms with van der Waals surface area (Å²) in [5, 5.41) is 8.56. The summed E-state index contributed by atoms with van der Waals surface area (Å²) in [6.45, 7) is 2.31. The minimum Gasteiger partial charge on any atom is -0.0548 e. The number of hydrogen-bond acceptors (Lipinski definition) is 0. The zero-order valence-corrected chi connectivity index (χ0v) is 11.8. The van der Waals surface area contributed by atoms with E-state index in [9.17, 15) is 0 Å². The van der Waals surface area contributed by atoms with Crippen LogP contribution in [0.3, 0.4) is 0 Å². The second-order valence-corrected chi connectivity index (χ2v) is 6.44. The van der Waals surface area contributed by atoms with Gasteiger partial charge < -0.3 is 0 Å². The van der Waals surface area contributed by atoms with Gasteiger partial charge in [0.1, 0.15) is 11.1 Å². The molecule has 0 heteroatoms. The fourth-order valence-corrected chi connectivity index (χ4v) is 4.50. The van der Waals surface area contributed by atoms with Crippen molar-refractivity contribution in [1.29, 1.82) is 0 Å². The van der Waals surface area contributed by atoms with Crippen LogP contribution in [0.15, 0.2) is 48.5 Å². The Morgan fingerprint density at radius 1 is 0.667 bits per heavy atom. The molecule has 1 unspecified atom stereocenters. The van der Waals surface area contributed by atoms with Gasteiger partial charge in [0.2, 0.25) is 0 Å². The maximum atomic E-state index is 2.42. The second kappa shape index (κ2) is 3.07. The highest BCUT2D eigenvalue weighted by Crippen LogP contribution is 2.54. The van der Waals surface area contributed by atoms with Crippen molar-refractivity contribution < 1.29 is 0 Å². The van der Waals surface area contributed by atoms with E-state index < -0.39 is 0 Å². The fourth-order valence-electron chi connectivity index (χ4n) is 4.50. The molecule has 4 aromatic carbocycles. The van der Waals surface area contributed by atoms with Crippen LogP contribution < -0.4 is 0 Å². The predicted molar refractivity (Wildman–Crippen MR) is 89.8 cm³/mol. The molecule has 2 aliphatic rings. The van der Waals surface area contributed by atoms with Gasteiger partial charge in [-0.15, -0.1) is 0 Å². The predicted octanol–water partition coefficient (Wildman–Crippen LogP) is 5.80. The van der Waals surface area contributed by atoms with E-state index in [-0.39, 0.29) is 0 Å². The first-order valence-electron chi connectivity index (χ1n) is 7.63. The summed E-state index contributed by atoms with van der Waals surface area (Å²) in [7, 11) is 0. The van der Waals surface area contributed by atoms with Gasteiger partial charge in [0.05, 0.1) is 10.9 Å². The number of benzene rings is 4. The molecule has 0 aliphatic heterocycles. The standard InChI is InChI=1S/C21H13/c1-11-10-15-7-6-13-3-2-12-4-5-14-8-9-16(11)21-19(14)17(12)18(13)20(15)21/h2-11H,1H3/q+1. The van der Waals surface area contributed by atoms with Crippen molar-refractivity contribution in [3.63, 3.8) is 0 Å². The molecule has 0 N–H and O–H groups in total. The maximum absolute atomic E-state index is 2.42. The van der Waals surface area contributed by atoms with Crippen molar-refractivity contribution >= 4 is 32.3 Å². The van der Waals surface area contributed by atoms with E-state index in [0.29, 0.717) is 5.92 Å². The zero-order valence-electron chi connectivity index (χ0n) is 11.8. The molecule has 2 aliphatic carbocycles. The summed E-state index contributed by atoms with van der Waals surface area (Å²) >= 11 is 0. The monoisotopic (exact) mass is 265 g/mol. The number of hydrogen-bond donors (Lipinski definition) is 0. The minimum absolute atomic E-state index is 0.499. The van der Waals surface area contributed by atoms with E-state index in [0.717, 1.165) is 0 Å². The third-order valence-electron chi connectivity index (χ3n) is 5.38. The third-order valence-corrected chi connectivity index (χ3v) is 5.38. The minimum atomic E-state index is 0.499. The van der Waals surface area contributed by atoms with Crippen molar-refractivity contribution in [1.82, 2.24) is 0 Å². The first-order chi connectivity index (χ1) is 10.3. The van der Waals surface area contributed by atoms with Gasteiger partial charge in [-0.05, 0) is 23.3 Å². The van der Waals surface area contributed by atoms with E-state index in [1.54, 1.807) is 0 Å². The summed E-state index contributed by atoms with van der Waals surface area (Å²) in [5.41, 5.74) is 5.90. The molecule has 0 amide bonds. The van der Waals surface area contributed by atoms with E-state index in [4.69, 9.17) is 0 Å². The van der Waals surface area contributed by atoms with Crippen molar-refractivity contribution in [3.05, 3.63) is 66.1 Å². The lowest BCUT2D eigenvalue weighted by Gasteiger charge is -2.18. The molecule has 6 rings (SSSR count). The normalized spacial score (nSPS) is 17.7. The summed E-state index contributed by atoms with van der Waals surface area (Å²) in [5.74, 6) is 0.499. The largest absolute Gasteiger partial charge is 0.139 e. The molecule has 0 nitrogen and oxygen atoms in total. The average Bonchev–Trinajstić information content (AvgIpc) is 2.88. The zero-order chi connectivity index (χ0) is 13.7. The van der Waals surface area contributed by atoms with Gasteiger partial charge in [0.15, 0.2) is 0 Å². The topological polar surface area (TPSA) is 0 Å². The third kappa shape index (κ3) is 0.985. The first-order valence-corrected chi connectivity index (χ1v) is 7.63. The van der Waals surface area contributed by atoms with Gasteiger partial charge in [-0.25, -0.2) is 0 Å². The number of rotatable bonds is 0. The molecule has 0 saturated carbocycles. The Hall–Kier alpha value is -2.47. The molecule has 1 atom stereocenters. The average molecular weight is 265 g/mol. The molecule has 0 fully saturated rings. The van der Waals surface area contributed by atoms with Gasteiger partial charge in [-0.1, -0.05) is 36.4 Å². The maximum Gasteiger partial charge on any atom is 0.139 e. The summed E-state index contributed by atoms with van der Waals surface area (Å²) in [6.07, 6.45) is 2.42. The van der Waals surface area contributed by atoms with Crippen molar-refractivity contribution in [2.24, 2.45) is 0 Å². The highest BCUT2D eigenvalue weighted by atomic mass is 14.3. The summed E-state index contributed by atoms with van der Waals surface area (Å²) in [4.78, 5) is 0. The van der Waals surface area contributed by atoms with Crippen LogP contribution in [0.25, 0.3) is 43.4 Å². The van der Waals surface area contributed by atoms with E-state index in [2.05, 4.69) is 61.9 Å². The molecule has 0 aromatic heterocycles. The molecular weight excluding hydrogens is 252 g/mol. The van der Waals surface area contributed by atoms with Gasteiger partial charge in [0.25, 0.3) is 0 Å². The molecule has 0 radical (unpaired) electrons. The van der Waals surface area contributed by atoms with E-state index in [1.807, 2.05) is 0 Å². The molecule has 0 bridgehead atoms. The molecule has 0 heterocycles. The van der Waals surface area contributed by atoms with Crippen molar-refractivity contribution in [2.45, 2.75) is 12.8 Å². The Kier molecular flexibility index (Phi) is 1.50. The van der Waals surface area contributed by atoms with Crippen LogP contribution in [0.1, 0.15) is 24.0 Å². The first kappa shape index (κ1) is 10.3. The van der Waals surface area contributed by atoms with Crippen LogP contribution >= 0.6 is 0 Å². The van der Waals surface area contributed by atoms with Gasteiger partial charge >= 0.3 is 0 Å². The Bertz CT molecular complexity index is 1110. The van der Waals surface area contributed by atoms with Crippen molar-refractivity contribution in [3.8, 4) is 11.1 Å². The second-order valence-electron chi connectivity index (χ2n) is 6.44. The molecule has 4 aromatic rings. The Labute approximate surface area is 123 Å². The molecule has 0 saturated heterocycles. The SMILES string of the molecule is CC1[CH+]c2ccc3ccc4ccc5ccc1c1c5c4c3c2-1. The molecule has 0 spiro atoms. The van der Waals surface area contributed by atoms with E-state index >= 15 is 0 Å². The highest BCUT2D eigenvalue weighted by molar-refractivity contribution is 6.34. The van der Waals surface area contributed by atoms with E-state index in [1.165, 1.54) is 54.6 Å². The fraction of sp³-hybridized carbons (Fsp3) is 0.0952. The Morgan fingerprint density at radius 3 is 2.00 bits per heavy atom. The van der Waals surface area contributed by atoms with Crippen LogP contribution in [-0.4, -0.2) is 0 Å². The van der Waals surface area contributed by atoms with Gasteiger partial charge in [0, 0.05) is 40.6 Å². The smallest absolute Gasteiger partial charge is 0.0548 e. The van der Waals surface area contributed by atoms with Gasteiger partial charge in [-0.2, -0.15) is 0 Å². The molecule has 96 valence electrons. The lowest BCUT2D eigenvalue weighted by Crippen LogP contribution is -2.05.